The normalized spacial score (nSPS) is 19.8. The molecule has 2 heterocycles. The van der Waals surface area contributed by atoms with Gasteiger partial charge in [0.15, 0.2) is 0 Å². The first-order valence-corrected chi connectivity index (χ1v) is 13.6. The first kappa shape index (κ1) is 29.3. The topological polar surface area (TPSA) is 50.8 Å². The molecule has 0 saturated carbocycles. The number of halogens is 4. The van der Waals surface area contributed by atoms with Gasteiger partial charge < -0.3 is 19.7 Å². The lowest BCUT2D eigenvalue weighted by molar-refractivity contribution is -0.140. The molecule has 0 radical (unpaired) electrons. The van der Waals surface area contributed by atoms with Gasteiger partial charge in [-0.15, -0.1) is 0 Å². The van der Waals surface area contributed by atoms with Crippen LogP contribution in [0.25, 0.3) is 0 Å². The summed E-state index contributed by atoms with van der Waals surface area (Å²) in [5.74, 6) is 0.100. The summed E-state index contributed by atoms with van der Waals surface area (Å²) in [6.07, 6.45) is -1.35. The highest BCUT2D eigenvalue weighted by Crippen LogP contribution is 2.51. The number of ether oxygens (including phenoxy) is 2. The Morgan fingerprint density at radius 1 is 1.05 bits per heavy atom. The van der Waals surface area contributed by atoms with E-state index < -0.39 is 17.2 Å². The molecule has 0 bridgehead atoms. The first-order valence-electron chi connectivity index (χ1n) is 13.6. The molecule has 2 fully saturated rings. The van der Waals surface area contributed by atoms with Crippen molar-refractivity contribution in [2.75, 3.05) is 46.5 Å². The number of likely N-dealkylation sites (tertiary alicyclic amines) is 1. The Kier molecular flexibility index (Phi) is 8.91. The average Bonchev–Trinajstić information content (AvgIpc) is 2.91. The minimum Gasteiger partial charge on any atom is -0.493 e. The number of methoxy groups -OCH3 is 1. The van der Waals surface area contributed by atoms with Crippen LogP contribution in [0.1, 0.15) is 62.1 Å². The molecule has 1 N–H and O–H groups in total. The Morgan fingerprint density at radius 3 is 2.46 bits per heavy atom. The fraction of sp³-hybridized carbons (Fsp3) is 0.567. The molecule has 2 aromatic rings. The Balaban J connectivity index is 1.51. The summed E-state index contributed by atoms with van der Waals surface area (Å²) >= 11 is 0. The zero-order valence-corrected chi connectivity index (χ0v) is 22.9. The van der Waals surface area contributed by atoms with Gasteiger partial charge in [0.2, 0.25) is 5.91 Å². The third-order valence-electron chi connectivity index (χ3n) is 8.48. The van der Waals surface area contributed by atoms with E-state index in [0.717, 1.165) is 50.0 Å². The minimum atomic E-state index is -4.47. The van der Waals surface area contributed by atoms with Gasteiger partial charge in [0.25, 0.3) is 0 Å². The second kappa shape index (κ2) is 11.8. The van der Waals surface area contributed by atoms with Gasteiger partial charge in [0, 0.05) is 51.8 Å². The number of nitrogens with one attached hydrogen (secondary N) is 1. The van der Waals surface area contributed by atoms with E-state index in [1.807, 2.05) is 6.07 Å². The molecule has 1 amide bonds. The molecule has 0 aliphatic carbocycles. The molecule has 0 aromatic heterocycles. The second-order valence-corrected chi connectivity index (χ2v) is 11.2. The van der Waals surface area contributed by atoms with Crippen molar-refractivity contribution in [3.8, 4) is 5.75 Å². The van der Waals surface area contributed by atoms with Gasteiger partial charge in [0.1, 0.15) is 11.6 Å². The van der Waals surface area contributed by atoms with Gasteiger partial charge in [0.05, 0.1) is 17.6 Å². The Hall–Kier alpha value is -2.65. The summed E-state index contributed by atoms with van der Waals surface area (Å²) in [5, 5.41) is 3.48. The van der Waals surface area contributed by atoms with E-state index in [1.54, 1.807) is 31.9 Å². The quantitative estimate of drug-likeness (QED) is 0.327. The number of alkyl halides is 3. The van der Waals surface area contributed by atoms with Crippen LogP contribution in [0, 0.1) is 11.2 Å². The standard InChI is InChI=1S/C30H38F4N2O3/c1-28(2,21-6-4-7-22(18-21)30(32,33)34)27(37)36-14-11-29(12-15-36)10-13-35-20-25(29)24-9-8-23(31)19-26(24)39-17-5-16-38-3/h4,6-9,18-19,25,35H,5,10-17,20H2,1-3H3. The molecular formula is C30H38F4N2O3. The number of piperidine rings is 2. The van der Waals surface area contributed by atoms with Crippen LogP contribution in [-0.2, 0) is 21.1 Å². The van der Waals surface area contributed by atoms with Crippen molar-refractivity contribution >= 4 is 5.91 Å². The lowest BCUT2D eigenvalue weighted by Gasteiger charge is -2.50. The van der Waals surface area contributed by atoms with Crippen molar-refractivity contribution in [2.24, 2.45) is 5.41 Å². The molecule has 1 unspecified atom stereocenters. The van der Waals surface area contributed by atoms with Crippen molar-refractivity contribution in [3.05, 3.63) is 65.0 Å². The van der Waals surface area contributed by atoms with Crippen LogP contribution < -0.4 is 10.1 Å². The van der Waals surface area contributed by atoms with Gasteiger partial charge in [-0.25, -0.2) is 4.39 Å². The van der Waals surface area contributed by atoms with Crippen molar-refractivity contribution < 1.29 is 31.8 Å². The number of carbonyl (C=O) groups excluding carboxylic acids is 1. The van der Waals surface area contributed by atoms with E-state index >= 15 is 0 Å². The number of hydrogen-bond donors (Lipinski definition) is 1. The summed E-state index contributed by atoms with van der Waals surface area (Å²) in [6.45, 7) is 6.97. The summed E-state index contributed by atoms with van der Waals surface area (Å²) in [4.78, 5) is 15.4. The first-order chi connectivity index (χ1) is 18.5. The number of benzene rings is 2. The molecular weight excluding hydrogens is 512 g/mol. The summed E-state index contributed by atoms with van der Waals surface area (Å²) in [5.41, 5.74) is -0.630. The highest BCUT2D eigenvalue weighted by atomic mass is 19.4. The molecule has 2 aromatic carbocycles. The number of hydrogen-bond acceptors (Lipinski definition) is 4. The van der Waals surface area contributed by atoms with E-state index in [4.69, 9.17) is 9.47 Å². The lowest BCUT2D eigenvalue weighted by Crippen LogP contribution is -2.53. The van der Waals surface area contributed by atoms with Crippen molar-refractivity contribution in [2.45, 2.75) is 57.0 Å². The predicted octanol–water partition coefficient (Wildman–Crippen LogP) is 5.92. The average molecular weight is 551 g/mol. The zero-order valence-electron chi connectivity index (χ0n) is 22.9. The third-order valence-corrected chi connectivity index (χ3v) is 8.48. The third kappa shape index (κ3) is 6.40. The smallest absolute Gasteiger partial charge is 0.416 e. The van der Waals surface area contributed by atoms with E-state index in [9.17, 15) is 22.4 Å². The molecule has 1 spiro atoms. The van der Waals surface area contributed by atoms with Crippen molar-refractivity contribution in [3.63, 3.8) is 0 Å². The molecule has 2 saturated heterocycles. The monoisotopic (exact) mass is 550 g/mol. The van der Waals surface area contributed by atoms with Crippen LogP contribution in [0.4, 0.5) is 17.6 Å². The highest BCUT2D eigenvalue weighted by Gasteiger charge is 2.47. The van der Waals surface area contributed by atoms with Gasteiger partial charge >= 0.3 is 6.18 Å². The summed E-state index contributed by atoms with van der Waals surface area (Å²) < 4.78 is 65.2. The van der Waals surface area contributed by atoms with E-state index in [0.29, 0.717) is 44.0 Å². The number of carbonyl (C=O) groups is 1. The number of rotatable bonds is 8. The maximum atomic E-state index is 14.2. The molecule has 214 valence electrons. The van der Waals surface area contributed by atoms with E-state index in [2.05, 4.69) is 5.32 Å². The van der Waals surface area contributed by atoms with Gasteiger partial charge in [-0.1, -0.05) is 24.3 Å². The van der Waals surface area contributed by atoms with Crippen LogP contribution in [0.3, 0.4) is 0 Å². The Labute approximate surface area is 227 Å². The maximum absolute atomic E-state index is 14.2. The van der Waals surface area contributed by atoms with Gasteiger partial charge in [-0.05, 0) is 68.3 Å². The fourth-order valence-corrected chi connectivity index (χ4v) is 6.08. The van der Waals surface area contributed by atoms with Crippen LogP contribution in [0.5, 0.6) is 5.75 Å². The summed E-state index contributed by atoms with van der Waals surface area (Å²) in [6, 6.07) is 9.77. The van der Waals surface area contributed by atoms with Gasteiger partial charge in [-0.2, -0.15) is 13.2 Å². The van der Waals surface area contributed by atoms with E-state index in [-0.39, 0.29) is 23.1 Å². The number of nitrogens with zero attached hydrogens (tertiary/aromatic N) is 1. The lowest BCUT2D eigenvalue weighted by atomic mass is 9.62. The summed E-state index contributed by atoms with van der Waals surface area (Å²) in [7, 11) is 1.63. The van der Waals surface area contributed by atoms with E-state index in [1.165, 1.54) is 18.2 Å². The van der Waals surface area contributed by atoms with Crippen LogP contribution in [0.15, 0.2) is 42.5 Å². The predicted molar refractivity (Wildman–Crippen MR) is 141 cm³/mol. The molecule has 39 heavy (non-hydrogen) atoms. The molecule has 1 atom stereocenters. The van der Waals surface area contributed by atoms with Crippen molar-refractivity contribution in [1.82, 2.24) is 10.2 Å². The minimum absolute atomic E-state index is 0.0815. The Morgan fingerprint density at radius 2 is 1.77 bits per heavy atom. The number of amides is 1. The molecule has 2 aliphatic heterocycles. The van der Waals surface area contributed by atoms with Gasteiger partial charge in [-0.3, -0.25) is 4.79 Å². The second-order valence-electron chi connectivity index (χ2n) is 11.2. The van der Waals surface area contributed by atoms with Crippen molar-refractivity contribution in [1.29, 1.82) is 0 Å². The van der Waals surface area contributed by atoms with Crippen LogP contribution in [-0.4, -0.2) is 57.3 Å². The molecule has 4 rings (SSSR count). The maximum Gasteiger partial charge on any atom is 0.416 e. The van der Waals surface area contributed by atoms with Crippen LogP contribution in [0.2, 0.25) is 0 Å². The zero-order chi connectivity index (χ0) is 28.3. The Bertz CT molecular complexity index is 1140. The SMILES string of the molecule is COCCCOc1cc(F)ccc1C1CNCCC12CCN(C(=O)C(C)(C)c1cccc(C(F)(F)F)c1)CC2. The largest absolute Gasteiger partial charge is 0.493 e. The molecule has 5 nitrogen and oxygen atoms in total. The molecule has 2 aliphatic rings. The molecule has 9 heteroatoms. The highest BCUT2D eigenvalue weighted by molar-refractivity contribution is 5.87. The van der Waals surface area contributed by atoms with Crippen LogP contribution >= 0.6 is 0 Å². The fourth-order valence-electron chi connectivity index (χ4n) is 6.08.